The summed E-state index contributed by atoms with van der Waals surface area (Å²) in [5.41, 5.74) is 0.481. The van der Waals surface area contributed by atoms with Crippen molar-refractivity contribution in [3.8, 4) is 0 Å². The van der Waals surface area contributed by atoms with E-state index in [1.807, 2.05) is 0 Å². The van der Waals surface area contributed by atoms with Gasteiger partial charge in [-0.25, -0.2) is 9.13 Å². The lowest BCUT2D eigenvalue weighted by Gasteiger charge is -2.16. The van der Waals surface area contributed by atoms with Crippen LogP contribution in [0.25, 0.3) is 0 Å². The van der Waals surface area contributed by atoms with Crippen LogP contribution in [0.5, 0.6) is 0 Å². The summed E-state index contributed by atoms with van der Waals surface area (Å²) < 4.78 is 4.55. The Labute approximate surface area is 100 Å². The van der Waals surface area contributed by atoms with Crippen LogP contribution in [0, 0.1) is 5.41 Å². The van der Waals surface area contributed by atoms with Crippen molar-refractivity contribution >= 4 is 0 Å². The maximum atomic E-state index is 2.31. The normalized spacial score (nSPS) is 12.4. The summed E-state index contributed by atoms with van der Waals surface area (Å²) in [6, 6.07) is 0.566. The van der Waals surface area contributed by atoms with Crippen LogP contribution in [0.3, 0.4) is 0 Å². The molecule has 0 atom stereocenters. The molecule has 1 aromatic heterocycles. The smallest absolute Gasteiger partial charge is 0.237 e. The van der Waals surface area contributed by atoms with Gasteiger partial charge in [-0.15, -0.1) is 0 Å². The number of rotatable bonds is 5. The monoisotopic (exact) mass is 223 g/mol. The van der Waals surface area contributed by atoms with Crippen molar-refractivity contribution in [1.29, 1.82) is 0 Å². The van der Waals surface area contributed by atoms with Gasteiger partial charge in [0.05, 0.1) is 12.6 Å². The lowest BCUT2D eigenvalue weighted by atomic mass is 9.90. The van der Waals surface area contributed by atoms with Crippen LogP contribution in [0.1, 0.15) is 59.9 Å². The molecule has 0 radical (unpaired) electrons. The van der Waals surface area contributed by atoms with Gasteiger partial charge < -0.3 is 0 Å². The van der Waals surface area contributed by atoms with E-state index in [4.69, 9.17) is 0 Å². The van der Waals surface area contributed by atoms with Crippen molar-refractivity contribution in [2.45, 2.75) is 66.5 Å². The van der Waals surface area contributed by atoms with Gasteiger partial charge in [-0.3, -0.25) is 0 Å². The fraction of sp³-hybridized carbons (Fsp3) is 0.786. The van der Waals surface area contributed by atoms with Crippen molar-refractivity contribution < 1.29 is 4.57 Å². The number of aromatic nitrogens is 2. The van der Waals surface area contributed by atoms with Gasteiger partial charge in [-0.05, 0) is 38.5 Å². The van der Waals surface area contributed by atoms with Gasteiger partial charge in [0, 0.05) is 0 Å². The summed E-state index contributed by atoms with van der Waals surface area (Å²) in [6.45, 7) is 12.5. The van der Waals surface area contributed by atoms with Crippen molar-refractivity contribution in [3.63, 3.8) is 0 Å². The molecule has 1 heterocycles. The average molecular weight is 223 g/mol. The molecule has 0 spiro atoms. The number of nitrogens with zero attached hydrogens (tertiary/aromatic N) is 2. The molecule has 2 nitrogen and oxygen atoms in total. The van der Waals surface area contributed by atoms with Crippen LogP contribution in [0.2, 0.25) is 0 Å². The van der Waals surface area contributed by atoms with E-state index in [1.54, 1.807) is 0 Å². The Balaban J connectivity index is 2.27. The summed E-state index contributed by atoms with van der Waals surface area (Å²) in [7, 11) is 0. The Hall–Kier alpha value is -0.790. The van der Waals surface area contributed by atoms with E-state index in [-0.39, 0.29) is 0 Å². The number of unbranched alkanes of at least 4 members (excludes halogenated alkanes) is 1. The highest BCUT2D eigenvalue weighted by molar-refractivity contribution is 4.69. The summed E-state index contributed by atoms with van der Waals surface area (Å²) in [5.74, 6) is 0. The molecule has 0 unspecified atom stereocenters. The molecule has 1 rings (SSSR count). The van der Waals surface area contributed by atoms with Crippen molar-refractivity contribution in [2.75, 3.05) is 0 Å². The first-order valence-corrected chi connectivity index (χ1v) is 6.45. The first-order valence-electron chi connectivity index (χ1n) is 6.45. The molecule has 0 bridgehead atoms. The maximum Gasteiger partial charge on any atom is 0.243 e. The van der Waals surface area contributed by atoms with Gasteiger partial charge in [0.25, 0.3) is 0 Å². The number of aryl methyl sites for hydroxylation is 1. The van der Waals surface area contributed by atoms with Gasteiger partial charge >= 0.3 is 0 Å². The lowest BCUT2D eigenvalue weighted by Crippen LogP contribution is -2.31. The predicted molar refractivity (Wildman–Crippen MR) is 68.3 cm³/mol. The summed E-state index contributed by atoms with van der Waals surface area (Å²) in [5, 5.41) is 0. The van der Waals surface area contributed by atoms with Crippen molar-refractivity contribution in [2.24, 2.45) is 5.41 Å². The van der Waals surface area contributed by atoms with Gasteiger partial charge in [0.15, 0.2) is 0 Å². The first-order chi connectivity index (χ1) is 7.38. The Kier molecular flexibility index (Phi) is 4.57. The molecule has 0 saturated heterocycles. The quantitative estimate of drug-likeness (QED) is 0.533. The van der Waals surface area contributed by atoms with Gasteiger partial charge in [0.1, 0.15) is 12.4 Å². The molecule has 0 aliphatic rings. The minimum absolute atomic E-state index is 0.481. The summed E-state index contributed by atoms with van der Waals surface area (Å²) in [6.07, 6.45) is 10.5. The first kappa shape index (κ1) is 13.3. The van der Waals surface area contributed by atoms with E-state index in [2.05, 4.69) is 62.5 Å². The van der Waals surface area contributed by atoms with E-state index in [0.29, 0.717) is 11.5 Å². The molecular weight excluding hydrogens is 196 g/mol. The Morgan fingerprint density at radius 1 is 1.19 bits per heavy atom. The zero-order valence-corrected chi connectivity index (χ0v) is 11.5. The van der Waals surface area contributed by atoms with Crippen molar-refractivity contribution in [1.82, 2.24) is 4.57 Å². The zero-order valence-electron chi connectivity index (χ0n) is 11.5. The highest BCUT2D eigenvalue weighted by Crippen LogP contribution is 2.21. The SMILES string of the molecule is CC(C)n1cc[n+](CCCCC(C)(C)C)c1. The standard InChI is InChI=1S/C14H27N2/c1-13(2)16-11-10-15(12-16)9-7-6-8-14(3,4)5/h10-13H,6-9H2,1-5H3/q+1. The van der Waals surface area contributed by atoms with E-state index < -0.39 is 0 Å². The second-order valence-electron chi connectivity index (χ2n) is 6.21. The Morgan fingerprint density at radius 3 is 2.38 bits per heavy atom. The third-order valence-electron chi connectivity index (χ3n) is 2.90. The lowest BCUT2D eigenvalue weighted by molar-refractivity contribution is -0.697. The fourth-order valence-corrected chi connectivity index (χ4v) is 1.80. The number of imidazole rings is 1. The number of hydrogen-bond donors (Lipinski definition) is 0. The largest absolute Gasteiger partial charge is 0.243 e. The molecule has 1 aromatic rings. The molecule has 16 heavy (non-hydrogen) atoms. The topological polar surface area (TPSA) is 8.81 Å². The summed E-state index contributed by atoms with van der Waals surface area (Å²) in [4.78, 5) is 0. The van der Waals surface area contributed by atoms with Crippen molar-refractivity contribution in [3.05, 3.63) is 18.7 Å². The second kappa shape index (κ2) is 5.51. The zero-order chi connectivity index (χ0) is 12.2. The Morgan fingerprint density at radius 2 is 1.88 bits per heavy atom. The molecule has 0 aromatic carbocycles. The van der Waals surface area contributed by atoms with Crippen LogP contribution in [0.4, 0.5) is 0 Å². The summed E-state index contributed by atoms with van der Waals surface area (Å²) >= 11 is 0. The third-order valence-corrected chi connectivity index (χ3v) is 2.90. The third kappa shape index (κ3) is 4.82. The molecule has 0 aliphatic carbocycles. The van der Waals surface area contributed by atoms with Gasteiger partial charge in [0.2, 0.25) is 6.33 Å². The van der Waals surface area contributed by atoms with E-state index in [9.17, 15) is 0 Å². The molecule has 2 heteroatoms. The minimum atomic E-state index is 0.481. The average Bonchev–Trinajstić information content (AvgIpc) is 2.59. The highest BCUT2D eigenvalue weighted by atomic mass is 15.1. The second-order valence-corrected chi connectivity index (χ2v) is 6.21. The van der Waals surface area contributed by atoms with E-state index >= 15 is 0 Å². The molecule has 0 saturated carbocycles. The molecular formula is C14H27N2+. The molecule has 0 N–H and O–H groups in total. The van der Waals surface area contributed by atoms with Crippen LogP contribution in [-0.2, 0) is 6.54 Å². The molecule has 0 fully saturated rings. The fourth-order valence-electron chi connectivity index (χ4n) is 1.80. The predicted octanol–water partition coefficient (Wildman–Crippen LogP) is 3.57. The van der Waals surface area contributed by atoms with E-state index in [1.165, 1.54) is 19.3 Å². The van der Waals surface area contributed by atoms with Crippen LogP contribution in [-0.4, -0.2) is 4.57 Å². The van der Waals surface area contributed by atoms with E-state index in [0.717, 1.165) is 6.54 Å². The number of hydrogen-bond acceptors (Lipinski definition) is 0. The minimum Gasteiger partial charge on any atom is -0.237 e. The van der Waals surface area contributed by atoms with Crippen LogP contribution >= 0.6 is 0 Å². The maximum absolute atomic E-state index is 2.31. The Bertz CT molecular complexity index is 305. The van der Waals surface area contributed by atoms with Gasteiger partial charge in [-0.1, -0.05) is 20.8 Å². The molecule has 0 amide bonds. The van der Waals surface area contributed by atoms with Gasteiger partial charge in [-0.2, -0.15) is 0 Å². The van der Waals surface area contributed by atoms with Crippen LogP contribution in [0.15, 0.2) is 18.7 Å². The van der Waals surface area contributed by atoms with Crippen LogP contribution < -0.4 is 4.57 Å². The highest BCUT2D eigenvalue weighted by Gasteiger charge is 2.10. The molecule has 0 aliphatic heterocycles. The molecule has 92 valence electrons.